The summed E-state index contributed by atoms with van der Waals surface area (Å²) in [7, 11) is 0. The Bertz CT molecular complexity index is 749. The molecular formula is C28H47NO3. The lowest BCUT2D eigenvalue weighted by Crippen LogP contribution is -2.58. The van der Waals surface area contributed by atoms with Gasteiger partial charge in [-0.2, -0.15) is 0 Å². The topological polar surface area (TPSA) is 62.0 Å². The molecule has 182 valence electrons. The van der Waals surface area contributed by atoms with Crippen molar-refractivity contribution in [2.45, 2.75) is 117 Å². The van der Waals surface area contributed by atoms with Crippen LogP contribution in [0.5, 0.6) is 0 Å². The Labute approximate surface area is 195 Å². The second-order valence-corrected chi connectivity index (χ2v) is 13.6. The number of aliphatic hydroxyl groups is 2. The van der Waals surface area contributed by atoms with E-state index >= 15 is 0 Å². The van der Waals surface area contributed by atoms with Crippen molar-refractivity contribution in [3.8, 4) is 0 Å². The monoisotopic (exact) mass is 445 g/mol. The van der Waals surface area contributed by atoms with Crippen molar-refractivity contribution in [3.05, 3.63) is 0 Å². The number of hydrogen-bond donors (Lipinski definition) is 2. The van der Waals surface area contributed by atoms with Gasteiger partial charge in [0.1, 0.15) is 6.61 Å². The molecule has 4 saturated carbocycles. The molecule has 2 N–H and O–H groups in total. The summed E-state index contributed by atoms with van der Waals surface area (Å²) in [6.45, 7) is 12.6. The Morgan fingerprint density at radius 3 is 2.41 bits per heavy atom. The Morgan fingerprint density at radius 1 is 0.969 bits per heavy atom. The predicted molar refractivity (Wildman–Crippen MR) is 128 cm³/mol. The van der Waals surface area contributed by atoms with Gasteiger partial charge in [-0.15, -0.1) is 0 Å². The van der Waals surface area contributed by atoms with Crippen molar-refractivity contribution in [2.24, 2.45) is 51.3 Å². The summed E-state index contributed by atoms with van der Waals surface area (Å²) in [6.07, 6.45) is 10.9. The molecule has 5 unspecified atom stereocenters. The zero-order chi connectivity index (χ0) is 22.9. The average Bonchev–Trinajstić information content (AvgIpc) is 3.26. The van der Waals surface area contributed by atoms with Crippen molar-refractivity contribution in [1.29, 1.82) is 0 Å². The molecule has 10 atom stereocenters. The molecule has 5 rings (SSSR count). The second-order valence-electron chi connectivity index (χ2n) is 13.6. The van der Waals surface area contributed by atoms with Crippen LogP contribution in [-0.4, -0.2) is 40.5 Å². The summed E-state index contributed by atoms with van der Waals surface area (Å²) in [5.74, 6) is 4.64. The summed E-state index contributed by atoms with van der Waals surface area (Å²) in [6, 6.07) is 0. The molecule has 0 aromatic heterocycles. The normalized spacial score (nSPS) is 50.6. The maximum atomic E-state index is 11.4. The highest BCUT2D eigenvalue weighted by atomic mass is 16.5. The third-order valence-electron chi connectivity index (χ3n) is 11.2. The molecule has 0 saturated heterocycles. The van der Waals surface area contributed by atoms with Crippen LogP contribution in [-0.2, 0) is 4.74 Å². The third-order valence-corrected chi connectivity index (χ3v) is 11.2. The fourth-order valence-corrected chi connectivity index (χ4v) is 9.52. The summed E-state index contributed by atoms with van der Waals surface area (Å²) in [5.41, 5.74) is 0.622. The minimum absolute atomic E-state index is 0.0539. The van der Waals surface area contributed by atoms with Crippen molar-refractivity contribution in [3.63, 3.8) is 0 Å². The molecule has 0 aromatic rings. The smallest absolute Gasteiger partial charge is 0.183 e. The van der Waals surface area contributed by atoms with Crippen LogP contribution in [0.2, 0.25) is 0 Å². The first kappa shape index (κ1) is 23.1. The van der Waals surface area contributed by atoms with E-state index in [4.69, 9.17) is 9.73 Å². The first-order valence-corrected chi connectivity index (χ1v) is 13.6. The molecule has 5 aliphatic rings. The molecule has 32 heavy (non-hydrogen) atoms. The Kier molecular flexibility index (Phi) is 5.76. The number of aliphatic imine (C=N–C) groups is 1. The highest BCUT2D eigenvalue weighted by Crippen LogP contribution is 2.68. The SMILES string of the molecule is CC(CCC1=NC(C)(C)CO1)[C@H]1CCC2C3C(O)C[C@@H]4C[C@H](O)CC[C@]4(C)C3CC[C@@]21C. The molecule has 4 nitrogen and oxygen atoms in total. The number of fused-ring (bicyclic) bond motifs is 5. The quantitative estimate of drug-likeness (QED) is 0.592. The van der Waals surface area contributed by atoms with Gasteiger partial charge in [0.25, 0.3) is 0 Å². The first-order valence-electron chi connectivity index (χ1n) is 13.6. The van der Waals surface area contributed by atoms with Crippen LogP contribution in [0, 0.1) is 46.3 Å². The van der Waals surface area contributed by atoms with E-state index in [0.29, 0.717) is 40.4 Å². The van der Waals surface area contributed by atoms with Crippen molar-refractivity contribution in [2.75, 3.05) is 6.61 Å². The van der Waals surface area contributed by atoms with E-state index in [9.17, 15) is 10.2 Å². The average molecular weight is 446 g/mol. The molecule has 4 aliphatic carbocycles. The van der Waals surface area contributed by atoms with Gasteiger partial charge in [0, 0.05) is 6.42 Å². The van der Waals surface area contributed by atoms with Gasteiger partial charge in [0.2, 0.25) is 0 Å². The number of hydrogen-bond acceptors (Lipinski definition) is 4. The minimum Gasteiger partial charge on any atom is -0.478 e. The number of rotatable bonds is 4. The highest BCUT2D eigenvalue weighted by molar-refractivity contribution is 5.78. The van der Waals surface area contributed by atoms with Gasteiger partial charge >= 0.3 is 0 Å². The molecule has 1 heterocycles. The maximum absolute atomic E-state index is 11.4. The highest BCUT2D eigenvalue weighted by Gasteiger charge is 2.62. The van der Waals surface area contributed by atoms with Crippen LogP contribution in [0.15, 0.2) is 4.99 Å². The van der Waals surface area contributed by atoms with Crippen molar-refractivity contribution < 1.29 is 14.9 Å². The van der Waals surface area contributed by atoms with Crippen LogP contribution in [0.25, 0.3) is 0 Å². The molecule has 0 bridgehead atoms. The number of aliphatic hydroxyl groups excluding tert-OH is 2. The summed E-state index contributed by atoms with van der Waals surface area (Å²) in [4.78, 5) is 4.78. The van der Waals surface area contributed by atoms with Gasteiger partial charge in [0.05, 0.1) is 17.7 Å². The molecule has 4 heteroatoms. The van der Waals surface area contributed by atoms with E-state index in [0.717, 1.165) is 56.9 Å². The van der Waals surface area contributed by atoms with Gasteiger partial charge in [-0.1, -0.05) is 20.8 Å². The molecule has 0 amide bonds. The zero-order valence-electron chi connectivity index (χ0n) is 21.1. The van der Waals surface area contributed by atoms with E-state index in [1.165, 1.54) is 25.7 Å². The van der Waals surface area contributed by atoms with Gasteiger partial charge in [-0.05, 0) is 118 Å². The fraction of sp³-hybridized carbons (Fsp3) is 0.964. The van der Waals surface area contributed by atoms with Gasteiger partial charge < -0.3 is 14.9 Å². The lowest BCUT2D eigenvalue weighted by atomic mass is 9.43. The molecular weight excluding hydrogens is 398 g/mol. The standard InChI is InChI=1S/C28H47NO3/c1-17(6-9-24-29-26(2,3)16-32-24)20-7-8-21-25-22(11-13-28(20,21)5)27(4)12-10-19(30)14-18(27)15-23(25)31/h17-23,25,30-31H,6-16H2,1-5H3/t17?,18-,19+,20+,21?,22?,23?,25?,27-,28+/m0/s1. The van der Waals surface area contributed by atoms with E-state index in [2.05, 4.69) is 34.6 Å². The van der Waals surface area contributed by atoms with Gasteiger partial charge in [-0.3, -0.25) is 0 Å². The van der Waals surface area contributed by atoms with Crippen LogP contribution in [0.4, 0.5) is 0 Å². The Balaban J connectivity index is 1.30. The molecule has 0 aromatic carbocycles. The maximum Gasteiger partial charge on any atom is 0.183 e. The minimum atomic E-state index is -0.175. The number of nitrogens with zero attached hydrogens (tertiary/aromatic N) is 1. The van der Waals surface area contributed by atoms with Gasteiger partial charge in [0.15, 0.2) is 5.90 Å². The third kappa shape index (κ3) is 3.67. The van der Waals surface area contributed by atoms with E-state index in [1.54, 1.807) is 0 Å². The first-order chi connectivity index (χ1) is 15.0. The summed E-state index contributed by atoms with van der Waals surface area (Å²) < 4.78 is 5.87. The lowest BCUT2D eigenvalue weighted by molar-refractivity contribution is -0.174. The zero-order valence-corrected chi connectivity index (χ0v) is 21.1. The molecule has 0 radical (unpaired) electrons. The Hall–Kier alpha value is -0.610. The van der Waals surface area contributed by atoms with Crippen LogP contribution >= 0.6 is 0 Å². The van der Waals surface area contributed by atoms with E-state index in [-0.39, 0.29) is 17.7 Å². The molecule has 1 aliphatic heterocycles. The van der Waals surface area contributed by atoms with Crippen LogP contribution in [0.1, 0.15) is 98.8 Å². The second kappa shape index (κ2) is 7.97. The fourth-order valence-electron chi connectivity index (χ4n) is 9.52. The van der Waals surface area contributed by atoms with Crippen LogP contribution < -0.4 is 0 Å². The molecule has 4 fully saturated rings. The van der Waals surface area contributed by atoms with Crippen LogP contribution in [0.3, 0.4) is 0 Å². The van der Waals surface area contributed by atoms with E-state index in [1.807, 2.05) is 0 Å². The van der Waals surface area contributed by atoms with Crippen molar-refractivity contribution in [1.82, 2.24) is 0 Å². The molecule has 0 spiro atoms. The number of ether oxygens (including phenoxy) is 1. The predicted octanol–water partition coefficient (Wildman–Crippen LogP) is 5.60. The van der Waals surface area contributed by atoms with E-state index < -0.39 is 0 Å². The summed E-state index contributed by atoms with van der Waals surface area (Å²) in [5, 5.41) is 21.7. The van der Waals surface area contributed by atoms with Crippen molar-refractivity contribution >= 4 is 5.90 Å². The summed E-state index contributed by atoms with van der Waals surface area (Å²) >= 11 is 0. The lowest BCUT2D eigenvalue weighted by Gasteiger charge is -2.62. The largest absolute Gasteiger partial charge is 0.478 e. The Morgan fingerprint density at radius 2 is 1.69 bits per heavy atom. The van der Waals surface area contributed by atoms with Gasteiger partial charge in [-0.25, -0.2) is 4.99 Å².